The Morgan fingerprint density at radius 2 is 1.87 bits per heavy atom. The van der Waals surface area contributed by atoms with Gasteiger partial charge in [0.25, 0.3) is 5.91 Å². The Balaban J connectivity index is 1.82. The van der Waals surface area contributed by atoms with E-state index in [0.29, 0.717) is 0 Å². The third-order valence-corrected chi connectivity index (χ3v) is 5.23. The standard InChI is InChI=1S/C18H26N2O2S/c1-3-10-19-17(21)14(2)23-13-15-6-8-16(9-7-15)18(22)20-11-4-5-12-20/h6-9,14H,3-5,10-13H2,1-2H3,(H,19,21)/t14-/m0/s1. The number of benzene rings is 1. The molecule has 0 bridgehead atoms. The average molecular weight is 334 g/mol. The Bertz CT molecular complexity index is 524. The van der Waals surface area contributed by atoms with E-state index in [1.807, 2.05) is 43.0 Å². The van der Waals surface area contributed by atoms with Crippen molar-refractivity contribution in [3.05, 3.63) is 35.4 Å². The Labute approximate surface area is 143 Å². The Hall–Kier alpha value is -1.49. The molecule has 0 unspecified atom stereocenters. The molecule has 1 heterocycles. The van der Waals surface area contributed by atoms with Crippen LogP contribution in [0.5, 0.6) is 0 Å². The summed E-state index contributed by atoms with van der Waals surface area (Å²) >= 11 is 1.62. The van der Waals surface area contributed by atoms with Crippen LogP contribution in [0.15, 0.2) is 24.3 Å². The summed E-state index contributed by atoms with van der Waals surface area (Å²) in [6.07, 6.45) is 3.17. The molecule has 1 aromatic carbocycles. The SMILES string of the molecule is CCCNC(=O)[C@H](C)SCc1ccc(C(=O)N2CCCC2)cc1. The van der Waals surface area contributed by atoms with E-state index in [1.165, 1.54) is 0 Å². The van der Waals surface area contributed by atoms with E-state index in [1.54, 1.807) is 11.8 Å². The molecule has 0 aliphatic carbocycles. The number of hydrogen-bond donors (Lipinski definition) is 1. The lowest BCUT2D eigenvalue weighted by Gasteiger charge is -2.15. The molecule has 1 aliphatic heterocycles. The number of thioether (sulfide) groups is 1. The van der Waals surface area contributed by atoms with Gasteiger partial charge in [-0.25, -0.2) is 0 Å². The molecule has 126 valence electrons. The zero-order chi connectivity index (χ0) is 16.7. The summed E-state index contributed by atoms with van der Waals surface area (Å²) in [6, 6.07) is 7.79. The zero-order valence-electron chi connectivity index (χ0n) is 14.0. The molecule has 1 aliphatic rings. The van der Waals surface area contributed by atoms with Gasteiger partial charge in [0.1, 0.15) is 0 Å². The van der Waals surface area contributed by atoms with Crippen LogP contribution in [0.2, 0.25) is 0 Å². The van der Waals surface area contributed by atoms with Crippen LogP contribution in [0.1, 0.15) is 49.0 Å². The highest BCUT2D eigenvalue weighted by molar-refractivity contribution is 7.99. The van der Waals surface area contributed by atoms with Crippen LogP contribution in [-0.2, 0) is 10.5 Å². The normalized spacial score (nSPS) is 15.5. The Kier molecular flexibility index (Phi) is 6.96. The van der Waals surface area contributed by atoms with E-state index in [4.69, 9.17) is 0 Å². The maximum absolute atomic E-state index is 12.3. The third kappa shape index (κ3) is 5.27. The van der Waals surface area contributed by atoms with Crippen molar-refractivity contribution >= 4 is 23.6 Å². The predicted molar refractivity (Wildman–Crippen MR) is 95.6 cm³/mol. The second-order valence-corrected chi connectivity index (χ2v) is 7.27. The molecule has 1 saturated heterocycles. The summed E-state index contributed by atoms with van der Waals surface area (Å²) < 4.78 is 0. The highest BCUT2D eigenvalue weighted by Crippen LogP contribution is 2.19. The summed E-state index contributed by atoms with van der Waals surface area (Å²) in [6.45, 7) is 6.46. The van der Waals surface area contributed by atoms with E-state index in [2.05, 4.69) is 5.32 Å². The Morgan fingerprint density at radius 3 is 2.48 bits per heavy atom. The van der Waals surface area contributed by atoms with Crippen LogP contribution in [0.3, 0.4) is 0 Å². The fraction of sp³-hybridized carbons (Fsp3) is 0.556. The first-order valence-electron chi connectivity index (χ1n) is 8.39. The summed E-state index contributed by atoms with van der Waals surface area (Å²) in [7, 11) is 0. The molecule has 2 amide bonds. The number of rotatable bonds is 7. The molecule has 1 aromatic rings. The summed E-state index contributed by atoms with van der Waals surface area (Å²) in [4.78, 5) is 26.0. The van der Waals surface area contributed by atoms with Gasteiger partial charge in [-0.15, -0.1) is 11.8 Å². The molecule has 23 heavy (non-hydrogen) atoms. The maximum Gasteiger partial charge on any atom is 0.253 e. The zero-order valence-corrected chi connectivity index (χ0v) is 14.8. The third-order valence-electron chi connectivity index (χ3n) is 4.01. The van der Waals surface area contributed by atoms with Crippen molar-refractivity contribution in [2.24, 2.45) is 0 Å². The van der Waals surface area contributed by atoms with E-state index >= 15 is 0 Å². The van der Waals surface area contributed by atoms with Crippen molar-refractivity contribution in [2.45, 2.75) is 44.1 Å². The van der Waals surface area contributed by atoms with Gasteiger partial charge in [0, 0.05) is 31.0 Å². The quantitative estimate of drug-likeness (QED) is 0.834. The van der Waals surface area contributed by atoms with Crippen LogP contribution in [0.4, 0.5) is 0 Å². The molecule has 1 N–H and O–H groups in total. The second-order valence-electron chi connectivity index (χ2n) is 5.94. The van der Waals surface area contributed by atoms with Crippen LogP contribution >= 0.6 is 11.8 Å². The molecule has 4 nitrogen and oxygen atoms in total. The van der Waals surface area contributed by atoms with E-state index < -0.39 is 0 Å². The van der Waals surface area contributed by atoms with Gasteiger partial charge in [0.15, 0.2) is 0 Å². The fourth-order valence-corrected chi connectivity index (χ4v) is 3.40. The molecule has 5 heteroatoms. The minimum absolute atomic E-state index is 0.0625. The van der Waals surface area contributed by atoms with E-state index in [-0.39, 0.29) is 17.1 Å². The molecule has 0 radical (unpaired) electrons. The largest absolute Gasteiger partial charge is 0.355 e. The van der Waals surface area contributed by atoms with Gasteiger partial charge in [0.05, 0.1) is 5.25 Å². The lowest BCUT2D eigenvalue weighted by atomic mass is 10.1. The summed E-state index contributed by atoms with van der Waals surface area (Å²) in [5.74, 6) is 1.01. The number of hydrogen-bond acceptors (Lipinski definition) is 3. The molecule has 1 fully saturated rings. The molecule has 0 saturated carbocycles. The lowest BCUT2D eigenvalue weighted by Crippen LogP contribution is -2.31. The van der Waals surface area contributed by atoms with Crippen LogP contribution in [0.25, 0.3) is 0 Å². The van der Waals surface area contributed by atoms with Gasteiger partial charge in [-0.1, -0.05) is 19.1 Å². The maximum atomic E-state index is 12.3. The number of carbonyl (C=O) groups is 2. The number of amides is 2. The number of nitrogens with zero attached hydrogens (tertiary/aromatic N) is 1. The van der Waals surface area contributed by atoms with Gasteiger partial charge in [-0.2, -0.15) is 0 Å². The smallest absolute Gasteiger partial charge is 0.253 e. The van der Waals surface area contributed by atoms with Crippen molar-refractivity contribution in [1.29, 1.82) is 0 Å². The first-order chi connectivity index (χ1) is 11.1. The first-order valence-corrected chi connectivity index (χ1v) is 9.44. The average Bonchev–Trinajstić information content (AvgIpc) is 3.11. The van der Waals surface area contributed by atoms with Crippen molar-refractivity contribution < 1.29 is 9.59 Å². The lowest BCUT2D eigenvalue weighted by molar-refractivity contribution is -0.120. The molecular weight excluding hydrogens is 308 g/mol. The second kappa shape index (κ2) is 8.96. The molecule has 0 spiro atoms. The number of nitrogens with one attached hydrogen (secondary N) is 1. The molecule has 0 aromatic heterocycles. The number of likely N-dealkylation sites (tertiary alicyclic amines) is 1. The van der Waals surface area contributed by atoms with Crippen molar-refractivity contribution in [3.8, 4) is 0 Å². The van der Waals surface area contributed by atoms with Gasteiger partial charge in [-0.05, 0) is 43.9 Å². The summed E-state index contributed by atoms with van der Waals surface area (Å²) in [5.41, 5.74) is 1.90. The van der Waals surface area contributed by atoms with Crippen molar-refractivity contribution in [1.82, 2.24) is 10.2 Å². The topological polar surface area (TPSA) is 49.4 Å². The minimum Gasteiger partial charge on any atom is -0.355 e. The number of carbonyl (C=O) groups excluding carboxylic acids is 2. The van der Waals surface area contributed by atoms with Crippen LogP contribution in [0, 0.1) is 0 Å². The molecule has 1 atom stereocenters. The Morgan fingerprint density at radius 1 is 1.22 bits per heavy atom. The van der Waals surface area contributed by atoms with Gasteiger partial charge in [0.2, 0.25) is 5.91 Å². The van der Waals surface area contributed by atoms with Gasteiger partial charge >= 0.3 is 0 Å². The predicted octanol–water partition coefficient (Wildman–Crippen LogP) is 3.07. The fourth-order valence-electron chi connectivity index (χ4n) is 2.54. The first kappa shape index (κ1) is 17.9. The van der Waals surface area contributed by atoms with Crippen molar-refractivity contribution in [2.75, 3.05) is 19.6 Å². The van der Waals surface area contributed by atoms with Gasteiger partial charge in [-0.3, -0.25) is 9.59 Å². The highest BCUT2D eigenvalue weighted by atomic mass is 32.2. The van der Waals surface area contributed by atoms with Gasteiger partial charge < -0.3 is 10.2 Å². The molecular formula is C18H26N2O2S. The monoisotopic (exact) mass is 334 g/mol. The van der Waals surface area contributed by atoms with Crippen LogP contribution in [-0.4, -0.2) is 41.6 Å². The van der Waals surface area contributed by atoms with E-state index in [9.17, 15) is 9.59 Å². The summed E-state index contributed by atoms with van der Waals surface area (Å²) in [5, 5.41) is 2.85. The highest BCUT2D eigenvalue weighted by Gasteiger charge is 2.19. The minimum atomic E-state index is -0.0625. The van der Waals surface area contributed by atoms with Crippen molar-refractivity contribution in [3.63, 3.8) is 0 Å². The van der Waals surface area contributed by atoms with E-state index in [0.717, 1.165) is 55.8 Å². The molecule has 2 rings (SSSR count). The van der Waals surface area contributed by atoms with Crippen LogP contribution < -0.4 is 5.32 Å².